The minimum atomic E-state index is -1.51. The van der Waals surface area contributed by atoms with Crippen molar-refractivity contribution in [2.75, 3.05) is 35.5 Å². The maximum absolute atomic E-state index is 10.7. The third kappa shape index (κ3) is 7.84. The number of carbonyl (C=O) groups excluding carboxylic acids is 3. The van der Waals surface area contributed by atoms with Crippen LogP contribution in [-0.2, 0) is 42.9 Å². The van der Waals surface area contributed by atoms with Gasteiger partial charge in [0.2, 0.25) is 0 Å². The lowest BCUT2D eigenvalue weighted by atomic mass is 10.4. The minimum absolute atomic E-state index is 0.764. The van der Waals surface area contributed by atoms with E-state index in [-0.39, 0.29) is 0 Å². The molecule has 0 rings (SSSR count). The van der Waals surface area contributed by atoms with Crippen molar-refractivity contribution < 1.29 is 48.0 Å². The molecule has 0 spiro atoms. The van der Waals surface area contributed by atoms with Gasteiger partial charge in [0.25, 0.3) is 12.2 Å². The number of carboxylic acids is 1. The second-order valence-electron chi connectivity index (χ2n) is 3.14. The summed E-state index contributed by atoms with van der Waals surface area (Å²) >= 11 is 0. The zero-order chi connectivity index (χ0) is 17.0. The standard InChI is InChI=1S/C6H10O5.C5H8O5/c1-9-4(5(7)10-2)6(8)11-3;1-9-3(4(6)7)5(8)10-2/h4H,1-3H3;3H,1-2H3,(H,6,7). The molecule has 1 unspecified atom stereocenters. The van der Waals surface area contributed by atoms with Gasteiger partial charge in [-0.1, -0.05) is 0 Å². The third-order valence-corrected chi connectivity index (χ3v) is 1.94. The predicted molar refractivity (Wildman–Crippen MR) is 65.3 cm³/mol. The summed E-state index contributed by atoms with van der Waals surface area (Å²) in [4.78, 5) is 42.0. The molecule has 0 aromatic carbocycles. The molecule has 1 N–H and O–H groups in total. The summed E-state index contributed by atoms with van der Waals surface area (Å²) in [6, 6.07) is 0. The molecule has 0 saturated carbocycles. The van der Waals surface area contributed by atoms with Gasteiger partial charge in [-0.3, -0.25) is 0 Å². The number of hydrogen-bond donors (Lipinski definition) is 1. The molecule has 0 bridgehead atoms. The van der Waals surface area contributed by atoms with E-state index in [1.165, 1.54) is 7.11 Å². The second-order valence-corrected chi connectivity index (χ2v) is 3.14. The first-order valence-corrected chi connectivity index (χ1v) is 5.32. The van der Waals surface area contributed by atoms with E-state index in [9.17, 15) is 19.2 Å². The van der Waals surface area contributed by atoms with Crippen molar-refractivity contribution in [2.45, 2.75) is 12.2 Å². The Labute approximate surface area is 120 Å². The van der Waals surface area contributed by atoms with E-state index in [0.29, 0.717) is 0 Å². The van der Waals surface area contributed by atoms with Gasteiger partial charge < -0.3 is 28.8 Å². The SMILES string of the molecule is COC(=O)C(OC)C(=O)O.COC(=O)C(OC)C(=O)OC. The Hall–Kier alpha value is -2.20. The van der Waals surface area contributed by atoms with Gasteiger partial charge in [0.1, 0.15) is 0 Å². The molecule has 0 saturated heterocycles. The van der Waals surface area contributed by atoms with Gasteiger partial charge in [0.05, 0.1) is 21.3 Å². The Balaban J connectivity index is 0. The van der Waals surface area contributed by atoms with Crippen molar-refractivity contribution in [2.24, 2.45) is 0 Å². The number of esters is 3. The van der Waals surface area contributed by atoms with Gasteiger partial charge in [0.15, 0.2) is 0 Å². The van der Waals surface area contributed by atoms with E-state index in [4.69, 9.17) is 5.11 Å². The molecule has 0 aromatic rings. The number of carbonyl (C=O) groups is 4. The van der Waals surface area contributed by atoms with Crippen LogP contribution in [0.1, 0.15) is 0 Å². The summed E-state index contributed by atoms with van der Waals surface area (Å²) in [6.45, 7) is 0. The quantitative estimate of drug-likeness (QED) is 0.354. The first kappa shape index (κ1) is 21.1. The zero-order valence-electron chi connectivity index (χ0n) is 12.3. The van der Waals surface area contributed by atoms with E-state index in [1.54, 1.807) is 0 Å². The van der Waals surface area contributed by atoms with Crippen LogP contribution in [0.25, 0.3) is 0 Å². The number of carboxylic acid groups (broad SMARTS) is 1. The molecule has 0 fully saturated rings. The second kappa shape index (κ2) is 11.6. The van der Waals surface area contributed by atoms with Crippen LogP contribution in [0.2, 0.25) is 0 Å². The fraction of sp³-hybridized carbons (Fsp3) is 0.636. The van der Waals surface area contributed by atoms with Gasteiger partial charge in [-0.15, -0.1) is 0 Å². The first-order chi connectivity index (χ1) is 9.80. The maximum atomic E-state index is 10.7. The lowest BCUT2D eigenvalue weighted by Gasteiger charge is -2.09. The lowest BCUT2D eigenvalue weighted by molar-refractivity contribution is -0.168. The highest BCUT2D eigenvalue weighted by Crippen LogP contribution is 1.95. The van der Waals surface area contributed by atoms with Crippen molar-refractivity contribution in [3.63, 3.8) is 0 Å². The molecular formula is C11H18O10. The van der Waals surface area contributed by atoms with Crippen molar-refractivity contribution in [1.29, 1.82) is 0 Å². The highest BCUT2D eigenvalue weighted by molar-refractivity contribution is 5.98. The number of methoxy groups -OCH3 is 5. The highest BCUT2D eigenvalue weighted by Gasteiger charge is 2.28. The van der Waals surface area contributed by atoms with Crippen LogP contribution in [0.15, 0.2) is 0 Å². The van der Waals surface area contributed by atoms with Crippen molar-refractivity contribution in [3.8, 4) is 0 Å². The third-order valence-electron chi connectivity index (χ3n) is 1.94. The number of aliphatic carboxylic acids is 1. The van der Waals surface area contributed by atoms with E-state index in [0.717, 1.165) is 28.4 Å². The molecule has 0 aliphatic carbocycles. The predicted octanol–water partition coefficient (Wildman–Crippen LogP) is -1.39. The van der Waals surface area contributed by atoms with Crippen LogP contribution < -0.4 is 0 Å². The monoisotopic (exact) mass is 310 g/mol. The maximum Gasteiger partial charge on any atom is 0.346 e. The summed E-state index contributed by atoms with van der Waals surface area (Å²) in [5.41, 5.74) is 0. The van der Waals surface area contributed by atoms with Crippen LogP contribution in [-0.4, -0.2) is 76.7 Å². The van der Waals surface area contributed by atoms with E-state index in [1.807, 2.05) is 0 Å². The van der Waals surface area contributed by atoms with Crippen LogP contribution >= 0.6 is 0 Å². The number of ether oxygens (including phenoxy) is 5. The number of rotatable bonds is 6. The highest BCUT2D eigenvalue weighted by atomic mass is 16.6. The number of hydrogen-bond acceptors (Lipinski definition) is 9. The van der Waals surface area contributed by atoms with Crippen molar-refractivity contribution in [3.05, 3.63) is 0 Å². The topological polar surface area (TPSA) is 135 Å². The van der Waals surface area contributed by atoms with E-state index < -0.39 is 36.1 Å². The lowest BCUT2D eigenvalue weighted by Crippen LogP contribution is -2.33. The fourth-order valence-corrected chi connectivity index (χ4v) is 0.908. The Kier molecular flexibility index (Phi) is 11.7. The Morgan fingerprint density at radius 3 is 1.10 bits per heavy atom. The normalized spacial score (nSPS) is 10.8. The molecule has 122 valence electrons. The van der Waals surface area contributed by atoms with Gasteiger partial charge in [-0.05, 0) is 0 Å². The molecule has 0 radical (unpaired) electrons. The van der Waals surface area contributed by atoms with Crippen LogP contribution in [0, 0.1) is 0 Å². The Bertz CT molecular complexity index is 348. The molecular weight excluding hydrogens is 292 g/mol. The molecule has 0 amide bonds. The molecule has 21 heavy (non-hydrogen) atoms. The smallest absolute Gasteiger partial charge is 0.346 e. The van der Waals surface area contributed by atoms with Crippen LogP contribution in [0.3, 0.4) is 0 Å². The van der Waals surface area contributed by atoms with Crippen LogP contribution in [0.4, 0.5) is 0 Å². The van der Waals surface area contributed by atoms with Gasteiger partial charge in [0, 0.05) is 14.2 Å². The molecule has 1 atom stereocenters. The van der Waals surface area contributed by atoms with Gasteiger partial charge >= 0.3 is 23.9 Å². The Morgan fingerprint density at radius 2 is 0.952 bits per heavy atom. The average molecular weight is 310 g/mol. The minimum Gasteiger partial charge on any atom is -0.479 e. The van der Waals surface area contributed by atoms with Crippen LogP contribution in [0.5, 0.6) is 0 Å². The summed E-state index contributed by atoms with van der Waals surface area (Å²) < 4.78 is 21.4. The fourth-order valence-electron chi connectivity index (χ4n) is 0.908. The summed E-state index contributed by atoms with van der Waals surface area (Å²) in [7, 11) is 5.76. The largest absolute Gasteiger partial charge is 0.479 e. The summed E-state index contributed by atoms with van der Waals surface area (Å²) in [6.07, 6.45) is -2.78. The molecule has 10 nitrogen and oxygen atoms in total. The zero-order valence-corrected chi connectivity index (χ0v) is 12.3. The van der Waals surface area contributed by atoms with Crippen molar-refractivity contribution >= 4 is 23.9 Å². The molecule has 10 heteroatoms. The van der Waals surface area contributed by atoms with Gasteiger partial charge in [-0.25, -0.2) is 19.2 Å². The first-order valence-electron chi connectivity index (χ1n) is 5.32. The average Bonchev–Trinajstić information content (AvgIpc) is 2.48. The van der Waals surface area contributed by atoms with Crippen molar-refractivity contribution in [1.82, 2.24) is 0 Å². The Morgan fingerprint density at radius 1 is 0.667 bits per heavy atom. The van der Waals surface area contributed by atoms with Gasteiger partial charge in [-0.2, -0.15) is 0 Å². The van der Waals surface area contributed by atoms with E-state index in [2.05, 4.69) is 23.7 Å². The molecule has 0 aromatic heterocycles. The summed E-state index contributed by atoms with van der Waals surface area (Å²) in [5, 5.41) is 8.25. The van der Waals surface area contributed by atoms with E-state index >= 15 is 0 Å². The molecule has 0 heterocycles. The molecule has 0 aliphatic heterocycles. The summed E-state index contributed by atoms with van der Waals surface area (Å²) in [5.74, 6) is -3.79. The molecule has 0 aliphatic rings.